The van der Waals surface area contributed by atoms with Crippen molar-refractivity contribution in [1.82, 2.24) is 15.1 Å². The molecule has 1 aliphatic heterocycles. The van der Waals surface area contributed by atoms with Crippen LogP contribution < -0.4 is 10.6 Å². The van der Waals surface area contributed by atoms with Crippen molar-refractivity contribution >= 4 is 11.7 Å². The zero-order valence-electron chi connectivity index (χ0n) is 14.2. The Labute approximate surface area is 147 Å². The Bertz CT molecular complexity index is 699. The van der Waals surface area contributed by atoms with Gasteiger partial charge in [0, 0.05) is 36.6 Å². The Morgan fingerprint density at radius 1 is 1.24 bits per heavy atom. The Balaban J connectivity index is 1.31. The van der Waals surface area contributed by atoms with E-state index in [1.165, 1.54) is 0 Å². The maximum absolute atomic E-state index is 12.3. The summed E-state index contributed by atoms with van der Waals surface area (Å²) in [4.78, 5) is 12.3. The molecule has 2 N–H and O–H groups in total. The molecule has 132 valence electrons. The van der Waals surface area contributed by atoms with Crippen LogP contribution in [-0.2, 0) is 11.3 Å². The number of carbonyl (C=O) groups is 1. The second-order valence-electron chi connectivity index (χ2n) is 6.90. The molecule has 0 radical (unpaired) electrons. The summed E-state index contributed by atoms with van der Waals surface area (Å²) in [6.45, 7) is 1.55. The van der Waals surface area contributed by atoms with Crippen molar-refractivity contribution in [3.8, 4) is 0 Å². The Kier molecular flexibility index (Phi) is 4.70. The molecule has 1 saturated heterocycles. The molecule has 2 heterocycles. The van der Waals surface area contributed by atoms with E-state index in [2.05, 4.69) is 15.7 Å². The molecule has 2 amide bonds. The minimum atomic E-state index is -0.127. The van der Waals surface area contributed by atoms with Gasteiger partial charge >= 0.3 is 6.03 Å². The Hall–Kier alpha value is -2.34. The number of amides is 2. The van der Waals surface area contributed by atoms with Gasteiger partial charge in [0.1, 0.15) is 0 Å². The van der Waals surface area contributed by atoms with E-state index >= 15 is 0 Å². The number of benzene rings is 1. The highest BCUT2D eigenvalue weighted by molar-refractivity contribution is 5.89. The van der Waals surface area contributed by atoms with Gasteiger partial charge in [-0.05, 0) is 49.4 Å². The van der Waals surface area contributed by atoms with Crippen LogP contribution in [0.25, 0.3) is 0 Å². The van der Waals surface area contributed by atoms with Gasteiger partial charge in [-0.1, -0.05) is 12.1 Å². The van der Waals surface area contributed by atoms with Gasteiger partial charge in [-0.3, -0.25) is 4.68 Å². The summed E-state index contributed by atoms with van der Waals surface area (Å²) >= 11 is 0. The van der Waals surface area contributed by atoms with Crippen LogP contribution in [0.1, 0.15) is 31.2 Å². The van der Waals surface area contributed by atoms with Crippen molar-refractivity contribution < 1.29 is 9.53 Å². The predicted molar refractivity (Wildman–Crippen MR) is 95.4 cm³/mol. The molecule has 1 aliphatic carbocycles. The van der Waals surface area contributed by atoms with Crippen LogP contribution >= 0.6 is 0 Å². The van der Waals surface area contributed by atoms with Crippen LogP contribution in [-0.4, -0.2) is 34.6 Å². The molecule has 6 nitrogen and oxygen atoms in total. The lowest BCUT2D eigenvalue weighted by atomic mass is 9.82. The van der Waals surface area contributed by atoms with Gasteiger partial charge in [0.25, 0.3) is 0 Å². The fourth-order valence-corrected chi connectivity index (χ4v) is 3.97. The van der Waals surface area contributed by atoms with Gasteiger partial charge in [-0.25, -0.2) is 4.79 Å². The fourth-order valence-electron chi connectivity index (χ4n) is 3.97. The van der Waals surface area contributed by atoms with Gasteiger partial charge in [0.15, 0.2) is 0 Å². The Morgan fingerprint density at radius 2 is 2.12 bits per heavy atom. The molecule has 0 spiro atoms. The van der Waals surface area contributed by atoms with Crippen molar-refractivity contribution in [2.45, 2.75) is 44.4 Å². The first-order valence-electron chi connectivity index (χ1n) is 9.03. The number of ether oxygens (including phenoxy) is 1. The molecule has 1 saturated carbocycles. The van der Waals surface area contributed by atoms with Crippen LogP contribution in [0.3, 0.4) is 0 Å². The first-order valence-corrected chi connectivity index (χ1v) is 9.03. The molecule has 2 aliphatic rings. The van der Waals surface area contributed by atoms with Crippen molar-refractivity contribution in [3.63, 3.8) is 0 Å². The van der Waals surface area contributed by atoms with Crippen molar-refractivity contribution in [2.24, 2.45) is 5.92 Å². The van der Waals surface area contributed by atoms with Crippen molar-refractivity contribution in [3.05, 3.63) is 48.3 Å². The Morgan fingerprint density at radius 3 is 2.92 bits per heavy atom. The number of carbonyl (C=O) groups excluding carboxylic acids is 1. The van der Waals surface area contributed by atoms with Gasteiger partial charge in [0.2, 0.25) is 0 Å². The highest BCUT2D eigenvalue weighted by Gasteiger charge is 2.38. The maximum atomic E-state index is 12.3. The molecule has 0 bridgehead atoms. The van der Waals surface area contributed by atoms with E-state index < -0.39 is 0 Å². The fraction of sp³-hybridized carbons (Fsp3) is 0.474. The van der Waals surface area contributed by atoms with Crippen LogP contribution in [0.5, 0.6) is 0 Å². The number of nitrogens with zero attached hydrogens (tertiary/aromatic N) is 2. The lowest BCUT2D eigenvalue weighted by molar-refractivity contribution is 0.0553. The third kappa shape index (κ3) is 3.85. The molecule has 1 aromatic carbocycles. The lowest BCUT2D eigenvalue weighted by Crippen LogP contribution is -2.47. The minimum absolute atomic E-state index is 0.127. The zero-order chi connectivity index (χ0) is 17.1. The third-order valence-electron chi connectivity index (χ3n) is 5.21. The normalized spacial score (nSPS) is 25.4. The smallest absolute Gasteiger partial charge is 0.319 e. The number of anilines is 1. The summed E-state index contributed by atoms with van der Waals surface area (Å²) < 4.78 is 7.64. The van der Waals surface area contributed by atoms with E-state index in [1.807, 2.05) is 41.2 Å². The van der Waals surface area contributed by atoms with E-state index in [0.29, 0.717) is 12.0 Å². The van der Waals surface area contributed by atoms with E-state index in [4.69, 9.17) is 4.74 Å². The molecule has 2 aromatic rings. The van der Waals surface area contributed by atoms with Crippen LogP contribution in [0.15, 0.2) is 42.7 Å². The van der Waals surface area contributed by atoms with Crippen LogP contribution in [0.4, 0.5) is 10.5 Å². The largest absolute Gasteiger partial charge is 0.378 e. The molecular weight excluding hydrogens is 316 g/mol. The standard InChI is InChI=1S/C19H24N4O2/c24-19(22-17-3-1-4-18-16(17)9-12-25-18)21-15-7-5-14(6-8-15)13-23-11-2-10-20-23/h2,5-8,10-11,16-18H,1,3-4,9,12-13H2,(H2,21,22,24)/t16-,17+,18+/m0/s1. The predicted octanol–water partition coefficient (Wildman–Crippen LogP) is 3.01. The zero-order valence-corrected chi connectivity index (χ0v) is 14.2. The maximum Gasteiger partial charge on any atom is 0.319 e. The van der Waals surface area contributed by atoms with E-state index in [-0.39, 0.29) is 12.1 Å². The summed E-state index contributed by atoms with van der Waals surface area (Å²) in [7, 11) is 0. The number of fused-ring (bicyclic) bond motifs is 1. The summed E-state index contributed by atoms with van der Waals surface area (Å²) in [5.41, 5.74) is 1.95. The second kappa shape index (κ2) is 7.27. The topological polar surface area (TPSA) is 68.2 Å². The first kappa shape index (κ1) is 16.1. The molecule has 6 heteroatoms. The number of hydrogen-bond acceptors (Lipinski definition) is 3. The SMILES string of the molecule is O=C(Nc1ccc(Cn2cccn2)cc1)N[C@@H]1CCC[C@H]2OCC[C@@H]12. The van der Waals surface area contributed by atoms with E-state index in [9.17, 15) is 4.79 Å². The number of rotatable bonds is 4. The average molecular weight is 340 g/mol. The molecule has 4 rings (SSSR count). The molecule has 2 fully saturated rings. The van der Waals surface area contributed by atoms with Gasteiger partial charge in [0.05, 0.1) is 12.6 Å². The number of aromatic nitrogens is 2. The number of urea groups is 1. The molecule has 3 atom stereocenters. The van der Waals surface area contributed by atoms with Crippen LogP contribution in [0, 0.1) is 5.92 Å². The van der Waals surface area contributed by atoms with Crippen molar-refractivity contribution in [2.75, 3.05) is 11.9 Å². The highest BCUT2D eigenvalue weighted by atomic mass is 16.5. The summed E-state index contributed by atoms with van der Waals surface area (Å²) in [5.74, 6) is 0.468. The lowest BCUT2D eigenvalue weighted by Gasteiger charge is -2.33. The summed E-state index contributed by atoms with van der Waals surface area (Å²) in [6, 6.07) is 9.89. The molecule has 1 aromatic heterocycles. The monoisotopic (exact) mass is 340 g/mol. The number of hydrogen-bond donors (Lipinski definition) is 2. The molecule has 25 heavy (non-hydrogen) atoms. The number of nitrogens with one attached hydrogen (secondary N) is 2. The average Bonchev–Trinajstić information content (AvgIpc) is 3.28. The van der Waals surface area contributed by atoms with Gasteiger partial charge < -0.3 is 15.4 Å². The first-order chi connectivity index (χ1) is 12.3. The molecule has 0 unspecified atom stereocenters. The minimum Gasteiger partial charge on any atom is -0.378 e. The second-order valence-corrected chi connectivity index (χ2v) is 6.90. The van der Waals surface area contributed by atoms with Crippen LogP contribution in [0.2, 0.25) is 0 Å². The van der Waals surface area contributed by atoms with E-state index in [1.54, 1.807) is 6.20 Å². The quantitative estimate of drug-likeness (QED) is 0.899. The van der Waals surface area contributed by atoms with Gasteiger partial charge in [-0.15, -0.1) is 0 Å². The summed E-state index contributed by atoms with van der Waals surface area (Å²) in [5, 5.41) is 10.3. The highest BCUT2D eigenvalue weighted by Crippen LogP contribution is 2.34. The van der Waals surface area contributed by atoms with E-state index in [0.717, 1.165) is 50.1 Å². The molecular formula is C19H24N4O2. The van der Waals surface area contributed by atoms with Gasteiger partial charge in [-0.2, -0.15) is 5.10 Å². The van der Waals surface area contributed by atoms with Crippen molar-refractivity contribution in [1.29, 1.82) is 0 Å². The summed E-state index contributed by atoms with van der Waals surface area (Å²) in [6.07, 6.45) is 8.38. The third-order valence-corrected chi connectivity index (χ3v) is 5.21.